The summed E-state index contributed by atoms with van der Waals surface area (Å²) in [6.45, 7) is -1.79. The molecule has 62 valence electrons. The van der Waals surface area contributed by atoms with E-state index in [0.717, 1.165) is 0 Å². The molecule has 1 N–H and O–H groups in total. The molecule has 6 heteroatoms. The van der Waals surface area contributed by atoms with Gasteiger partial charge in [-0.15, -0.1) is 0 Å². The van der Waals surface area contributed by atoms with Gasteiger partial charge in [-0.3, -0.25) is 0 Å². The van der Waals surface area contributed by atoms with Gasteiger partial charge in [0.15, 0.2) is 0 Å². The molecule has 0 saturated heterocycles. The minimum atomic E-state index is -2.07. The van der Waals surface area contributed by atoms with E-state index in [1.807, 2.05) is 0 Å². The van der Waals surface area contributed by atoms with E-state index in [1.54, 1.807) is 0 Å². The number of halogens is 2. The molecule has 3 nitrogen and oxygen atoms in total. The molecule has 0 heterocycles. The van der Waals surface area contributed by atoms with Gasteiger partial charge in [-0.1, -0.05) is 0 Å². The second kappa shape index (κ2) is 7.28. The number of rotatable bonds is 6. The smallest absolute Gasteiger partial charge is 0.328 e. The Hall–Kier alpha value is 0.170. The molecule has 0 aromatic heterocycles. The van der Waals surface area contributed by atoms with Crippen molar-refractivity contribution in [3.05, 3.63) is 0 Å². The summed E-state index contributed by atoms with van der Waals surface area (Å²) in [7, 11) is -2.07. The van der Waals surface area contributed by atoms with E-state index in [2.05, 4.69) is 9.05 Å². The maximum Gasteiger partial charge on any atom is 0.330 e. The van der Waals surface area contributed by atoms with Gasteiger partial charge in [0.1, 0.15) is 13.3 Å². The molecule has 0 amide bonds. The van der Waals surface area contributed by atoms with E-state index in [0.29, 0.717) is 0 Å². The summed E-state index contributed by atoms with van der Waals surface area (Å²) in [6.07, 6.45) is 0. The first-order valence-corrected chi connectivity index (χ1v) is 3.81. The molecule has 0 saturated carbocycles. The molecule has 0 aromatic carbocycles. The molecule has 10 heavy (non-hydrogen) atoms. The Morgan fingerprint density at radius 2 is 1.50 bits per heavy atom. The Balaban J connectivity index is 3.00. The summed E-state index contributed by atoms with van der Waals surface area (Å²) in [4.78, 5) is 8.60. The molecule has 0 unspecified atom stereocenters. The lowest BCUT2D eigenvalue weighted by molar-refractivity contribution is 0.178. The zero-order chi connectivity index (χ0) is 7.82. The number of hydrogen-bond donors (Lipinski definition) is 1. The molecule has 0 atom stereocenters. The SMILES string of the molecule is OP(OCCF)OCCF. The molecule has 0 bridgehead atoms. The van der Waals surface area contributed by atoms with Gasteiger partial charge in [-0.05, 0) is 0 Å². The van der Waals surface area contributed by atoms with Gasteiger partial charge in [-0.25, -0.2) is 8.78 Å². The fourth-order valence-corrected chi connectivity index (χ4v) is 0.787. The summed E-state index contributed by atoms with van der Waals surface area (Å²) in [5.74, 6) is 0. The van der Waals surface area contributed by atoms with Crippen molar-refractivity contribution in [1.82, 2.24) is 0 Å². The largest absolute Gasteiger partial charge is 0.330 e. The topological polar surface area (TPSA) is 38.7 Å². The van der Waals surface area contributed by atoms with Gasteiger partial charge in [-0.2, -0.15) is 0 Å². The van der Waals surface area contributed by atoms with E-state index < -0.39 is 22.0 Å². The fourth-order valence-electron chi connectivity index (χ4n) is 0.262. The van der Waals surface area contributed by atoms with Crippen LogP contribution in [0.15, 0.2) is 0 Å². The molecular weight excluding hydrogens is 165 g/mol. The van der Waals surface area contributed by atoms with Crippen LogP contribution in [0.5, 0.6) is 0 Å². The van der Waals surface area contributed by atoms with E-state index in [1.165, 1.54) is 0 Å². The van der Waals surface area contributed by atoms with Crippen molar-refractivity contribution < 1.29 is 22.7 Å². The molecule has 0 aromatic rings. The molecule has 0 aliphatic carbocycles. The Morgan fingerprint density at radius 3 is 1.80 bits per heavy atom. The lowest BCUT2D eigenvalue weighted by Gasteiger charge is -2.06. The zero-order valence-corrected chi connectivity index (χ0v) is 6.19. The molecule has 0 fully saturated rings. The van der Waals surface area contributed by atoms with Crippen molar-refractivity contribution in [2.45, 2.75) is 0 Å². The van der Waals surface area contributed by atoms with Crippen LogP contribution in [0.4, 0.5) is 8.78 Å². The van der Waals surface area contributed by atoms with Crippen LogP contribution in [0.25, 0.3) is 0 Å². The van der Waals surface area contributed by atoms with Crippen LogP contribution in [-0.4, -0.2) is 31.5 Å². The first kappa shape index (κ1) is 10.2. The first-order chi connectivity index (χ1) is 4.81. The fraction of sp³-hybridized carbons (Fsp3) is 1.00. The lowest BCUT2D eigenvalue weighted by Crippen LogP contribution is -1.96. The second-order valence-corrected chi connectivity index (χ2v) is 2.27. The lowest BCUT2D eigenvalue weighted by atomic mass is 10.9. The monoisotopic (exact) mass is 174 g/mol. The average molecular weight is 174 g/mol. The molecule has 0 rings (SSSR count). The molecular formula is C4H9F2O3P. The van der Waals surface area contributed by atoms with Gasteiger partial charge >= 0.3 is 8.60 Å². The Bertz CT molecular complexity index is 67.5. The summed E-state index contributed by atoms with van der Waals surface area (Å²) >= 11 is 0. The van der Waals surface area contributed by atoms with Gasteiger partial charge < -0.3 is 13.9 Å². The highest BCUT2D eigenvalue weighted by molar-refractivity contribution is 7.40. The molecule has 0 aliphatic rings. The molecule has 0 spiro atoms. The normalized spacial score (nSPS) is 10.8. The van der Waals surface area contributed by atoms with E-state index >= 15 is 0 Å². The molecule has 0 aliphatic heterocycles. The van der Waals surface area contributed by atoms with Gasteiger partial charge in [0.2, 0.25) is 0 Å². The highest BCUT2D eigenvalue weighted by atomic mass is 31.2. The van der Waals surface area contributed by atoms with Crippen molar-refractivity contribution in [2.24, 2.45) is 0 Å². The van der Waals surface area contributed by atoms with Crippen LogP contribution >= 0.6 is 8.60 Å². The number of alkyl halides is 2. The van der Waals surface area contributed by atoms with Crippen molar-refractivity contribution in [3.63, 3.8) is 0 Å². The van der Waals surface area contributed by atoms with Crippen molar-refractivity contribution in [3.8, 4) is 0 Å². The third-order valence-corrected chi connectivity index (χ3v) is 1.36. The first-order valence-electron chi connectivity index (χ1n) is 2.68. The van der Waals surface area contributed by atoms with Crippen LogP contribution < -0.4 is 0 Å². The van der Waals surface area contributed by atoms with Crippen LogP contribution in [-0.2, 0) is 9.05 Å². The van der Waals surface area contributed by atoms with Gasteiger partial charge in [0.05, 0.1) is 13.2 Å². The third-order valence-electron chi connectivity index (χ3n) is 0.558. The summed E-state index contributed by atoms with van der Waals surface area (Å²) < 4.78 is 31.3. The van der Waals surface area contributed by atoms with Crippen LogP contribution in [0.3, 0.4) is 0 Å². The quantitative estimate of drug-likeness (QED) is 0.614. The summed E-state index contributed by atoms with van der Waals surface area (Å²) in [6, 6.07) is 0. The summed E-state index contributed by atoms with van der Waals surface area (Å²) in [5, 5.41) is 0. The van der Waals surface area contributed by atoms with E-state index in [9.17, 15) is 8.78 Å². The second-order valence-electron chi connectivity index (χ2n) is 1.28. The zero-order valence-electron chi connectivity index (χ0n) is 5.30. The maximum absolute atomic E-state index is 11.3. The minimum Gasteiger partial charge on any atom is -0.328 e. The van der Waals surface area contributed by atoms with Crippen molar-refractivity contribution >= 4 is 8.60 Å². The van der Waals surface area contributed by atoms with Gasteiger partial charge in [0, 0.05) is 0 Å². The highest BCUT2D eigenvalue weighted by Crippen LogP contribution is 2.31. The van der Waals surface area contributed by atoms with Gasteiger partial charge in [0.25, 0.3) is 0 Å². The average Bonchev–Trinajstić information content (AvgIpc) is 1.97. The van der Waals surface area contributed by atoms with Crippen LogP contribution in [0, 0.1) is 0 Å². The van der Waals surface area contributed by atoms with E-state index in [-0.39, 0.29) is 13.2 Å². The molecule has 0 radical (unpaired) electrons. The number of hydrogen-bond acceptors (Lipinski definition) is 3. The van der Waals surface area contributed by atoms with Crippen LogP contribution in [0.2, 0.25) is 0 Å². The van der Waals surface area contributed by atoms with E-state index in [4.69, 9.17) is 4.89 Å². The predicted molar refractivity (Wildman–Crippen MR) is 33.0 cm³/mol. The predicted octanol–water partition coefficient (Wildman–Crippen LogP) is 1.18. The summed E-state index contributed by atoms with van der Waals surface area (Å²) in [5.41, 5.74) is 0. The maximum atomic E-state index is 11.3. The van der Waals surface area contributed by atoms with Crippen molar-refractivity contribution in [1.29, 1.82) is 0 Å². The van der Waals surface area contributed by atoms with Crippen LogP contribution in [0.1, 0.15) is 0 Å². The Labute approximate surface area is 58.9 Å². The highest BCUT2D eigenvalue weighted by Gasteiger charge is 2.04. The standard InChI is InChI=1S/C4H9F2O3P/c5-1-3-8-10(7)9-4-2-6/h7H,1-4H2. The third kappa shape index (κ3) is 6.29. The Kier molecular flexibility index (Phi) is 7.40. The van der Waals surface area contributed by atoms with Crippen molar-refractivity contribution in [2.75, 3.05) is 26.6 Å². The minimum absolute atomic E-state index is 0.214. The Morgan fingerprint density at radius 1 is 1.10 bits per heavy atom.